The van der Waals surface area contributed by atoms with Gasteiger partial charge in [-0.2, -0.15) is 0 Å². The first-order chi connectivity index (χ1) is 3.84. The highest BCUT2D eigenvalue weighted by Crippen LogP contribution is 2.34. The minimum Gasteiger partial charge on any atom is -0.0856 e. The Labute approximate surface area is 51.6 Å². The molecule has 45 valence electrons. The number of hydrogen-bond acceptors (Lipinski definition) is 0. The number of allylic oxidation sites excluding steroid dienone is 2. The molecule has 0 amide bonds. The van der Waals surface area contributed by atoms with Gasteiger partial charge in [0.15, 0.2) is 0 Å². The molecule has 0 N–H and O–H groups in total. The van der Waals surface area contributed by atoms with Crippen molar-refractivity contribution in [2.24, 2.45) is 5.92 Å². The van der Waals surface area contributed by atoms with Gasteiger partial charge in [0.05, 0.1) is 0 Å². The molecule has 0 saturated heterocycles. The Hall–Kier alpha value is -0.260. The van der Waals surface area contributed by atoms with Gasteiger partial charge in [0.1, 0.15) is 0 Å². The van der Waals surface area contributed by atoms with Crippen molar-refractivity contribution in [3.8, 4) is 0 Å². The molecule has 1 rings (SSSR count). The largest absolute Gasteiger partial charge is 0.0856 e. The first-order valence-electron chi connectivity index (χ1n) is 3.34. The van der Waals surface area contributed by atoms with Gasteiger partial charge in [-0.1, -0.05) is 18.6 Å². The van der Waals surface area contributed by atoms with Crippen LogP contribution in [0, 0.1) is 12.3 Å². The maximum absolute atomic E-state index is 2.35. The van der Waals surface area contributed by atoms with Crippen LogP contribution in [0.2, 0.25) is 0 Å². The molecule has 0 aliphatic heterocycles. The minimum absolute atomic E-state index is 0.856. The highest BCUT2D eigenvalue weighted by atomic mass is 14.3. The summed E-state index contributed by atoms with van der Waals surface area (Å²) in [7, 11) is 0. The maximum atomic E-state index is 2.35. The molecule has 0 bridgehead atoms. The zero-order chi connectivity index (χ0) is 5.98. The summed E-state index contributed by atoms with van der Waals surface area (Å²) in [4.78, 5) is 0. The van der Waals surface area contributed by atoms with E-state index in [0.29, 0.717) is 0 Å². The molecule has 0 aromatic heterocycles. The second kappa shape index (κ2) is 2.34. The Kier molecular flexibility index (Phi) is 1.72. The van der Waals surface area contributed by atoms with Gasteiger partial charge in [0, 0.05) is 0 Å². The second-order valence-electron chi connectivity index (χ2n) is 2.43. The summed E-state index contributed by atoms with van der Waals surface area (Å²) >= 11 is 0. The smallest absolute Gasteiger partial charge is 0.0172 e. The second-order valence-corrected chi connectivity index (χ2v) is 2.43. The monoisotopic (exact) mass is 109 g/mol. The van der Waals surface area contributed by atoms with Gasteiger partial charge in [0.2, 0.25) is 0 Å². The minimum atomic E-state index is 0.856. The molecule has 0 spiro atoms. The van der Waals surface area contributed by atoms with E-state index in [1.807, 2.05) is 0 Å². The Bertz CT molecular complexity index is 96.6. The average molecular weight is 109 g/mol. The van der Waals surface area contributed by atoms with Crippen LogP contribution in [0.15, 0.2) is 11.6 Å². The van der Waals surface area contributed by atoms with Crippen LogP contribution in [-0.2, 0) is 0 Å². The molecule has 1 aliphatic carbocycles. The third kappa shape index (κ3) is 1.36. The van der Waals surface area contributed by atoms with Crippen LogP contribution in [0.25, 0.3) is 0 Å². The summed E-state index contributed by atoms with van der Waals surface area (Å²) in [5.74, 6) is 0.856. The third-order valence-corrected chi connectivity index (χ3v) is 1.58. The third-order valence-electron chi connectivity index (χ3n) is 1.58. The van der Waals surface area contributed by atoms with Crippen LogP contribution in [0.1, 0.15) is 26.7 Å². The van der Waals surface area contributed by atoms with E-state index in [4.69, 9.17) is 0 Å². The van der Waals surface area contributed by atoms with Crippen LogP contribution in [-0.4, -0.2) is 0 Å². The van der Waals surface area contributed by atoms with E-state index in [1.54, 1.807) is 5.57 Å². The first kappa shape index (κ1) is 5.87. The van der Waals surface area contributed by atoms with Gasteiger partial charge < -0.3 is 0 Å². The van der Waals surface area contributed by atoms with Crippen molar-refractivity contribution >= 4 is 0 Å². The van der Waals surface area contributed by atoms with E-state index in [2.05, 4.69) is 26.3 Å². The van der Waals surface area contributed by atoms with Crippen LogP contribution < -0.4 is 0 Å². The van der Waals surface area contributed by atoms with Crippen molar-refractivity contribution < 1.29 is 0 Å². The van der Waals surface area contributed by atoms with Crippen molar-refractivity contribution in [3.63, 3.8) is 0 Å². The topological polar surface area (TPSA) is 0 Å². The number of rotatable bonds is 2. The van der Waals surface area contributed by atoms with Crippen molar-refractivity contribution in [2.75, 3.05) is 0 Å². The fourth-order valence-electron chi connectivity index (χ4n) is 0.913. The van der Waals surface area contributed by atoms with Crippen LogP contribution >= 0.6 is 0 Å². The van der Waals surface area contributed by atoms with E-state index in [-0.39, 0.29) is 0 Å². The molecule has 0 nitrogen and oxygen atoms in total. The van der Waals surface area contributed by atoms with Gasteiger partial charge in [-0.15, -0.1) is 0 Å². The normalized spacial score (nSPS) is 21.5. The lowest BCUT2D eigenvalue weighted by Gasteiger charge is -1.91. The van der Waals surface area contributed by atoms with E-state index >= 15 is 0 Å². The fraction of sp³-hybridized carbons (Fsp3) is 0.625. The summed E-state index contributed by atoms with van der Waals surface area (Å²) in [5, 5.41) is 0. The zero-order valence-corrected chi connectivity index (χ0v) is 5.65. The standard InChI is InChI=1S/C8H13/c1-3-4-7(2)8-5-6-8/h4-5,8H,3,6H2,1-2H3. The van der Waals surface area contributed by atoms with Gasteiger partial charge in [-0.05, 0) is 32.1 Å². The lowest BCUT2D eigenvalue weighted by Crippen LogP contribution is -1.75. The number of hydrogen-bond donors (Lipinski definition) is 0. The van der Waals surface area contributed by atoms with Crippen molar-refractivity contribution in [2.45, 2.75) is 26.7 Å². The molecular formula is C8H13. The predicted octanol–water partition coefficient (Wildman–Crippen LogP) is 2.57. The summed E-state index contributed by atoms with van der Waals surface area (Å²) in [6, 6.07) is 0. The highest BCUT2D eigenvalue weighted by molar-refractivity contribution is 5.17. The molecule has 0 aromatic rings. The SMILES string of the molecule is CCC=C(C)C1[CH]C1. The van der Waals surface area contributed by atoms with E-state index < -0.39 is 0 Å². The van der Waals surface area contributed by atoms with Crippen molar-refractivity contribution in [1.29, 1.82) is 0 Å². The lowest BCUT2D eigenvalue weighted by atomic mass is 10.2. The van der Waals surface area contributed by atoms with Gasteiger partial charge in [0.25, 0.3) is 0 Å². The lowest BCUT2D eigenvalue weighted by molar-refractivity contribution is 1.01. The first-order valence-corrected chi connectivity index (χ1v) is 3.34. The maximum Gasteiger partial charge on any atom is -0.0172 e. The molecule has 1 aliphatic rings. The molecule has 0 heterocycles. The van der Waals surface area contributed by atoms with Crippen LogP contribution in [0.5, 0.6) is 0 Å². The molecule has 1 unspecified atom stereocenters. The quantitative estimate of drug-likeness (QED) is 0.478. The Morgan fingerprint density at radius 3 is 2.88 bits per heavy atom. The van der Waals surface area contributed by atoms with E-state index in [9.17, 15) is 0 Å². The molecule has 1 saturated carbocycles. The summed E-state index contributed by atoms with van der Waals surface area (Å²) in [5.41, 5.74) is 1.56. The summed E-state index contributed by atoms with van der Waals surface area (Å²) < 4.78 is 0. The Balaban J connectivity index is 2.31. The van der Waals surface area contributed by atoms with Gasteiger partial charge in [-0.25, -0.2) is 0 Å². The molecular weight excluding hydrogens is 96.1 g/mol. The van der Waals surface area contributed by atoms with Gasteiger partial charge in [-0.3, -0.25) is 0 Å². The highest BCUT2D eigenvalue weighted by Gasteiger charge is 2.22. The van der Waals surface area contributed by atoms with Crippen LogP contribution in [0.3, 0.4) is 0 Å². The fourth-order valence-corrected chi connectivity index (χ4v) is 0.913. The molecule has 0 heteroatoms. The van der Waals surface area contributed by atoms with E-state index in [1.165, 1.54) is 12.8 Å². The average Bonchev–Trinajstić information content (AvgIpc) is 2.45. The summed E-state index contributed by atoms with van der Waals surface area (Å²) in [6.45, 7) is 4.41. The summed E-state index contributed by atoms with van der Waals surface area (Å²) in [6.07, 6.45) is 7.17. The molecule has 8 heavy (non-hydrogen) atoms. The predicted molar refractivity (Wildman–Crippen MR) is 36.5 cm³/mol. The Morgan fingerprint density at radius 2 is 2.50 bits per heavy atom. The van der Waals surface area contributed by atoms with Gasteiger partial charge >= 0.3 is 0 Å². The Morgan fingerprint density at radius 1 is 1.88 bits per heavy atom. The molecule has 1 atom stereocenters. The van der Waals surface area contributed by atoms with Crippen molar-refractivity contribution in [3.05, 3.63) is 18.1 Å². The van der Waals surface area contributed by atoms with E-state index in [0.717, 1.165) is 5.92 Å². The molecule has 0 aromatic carbocycles. The molecule has 1 fully saturated rings. The van der Waals surface area contributed by atoms with Crippen LogP contribution in [0.4, 0.5) is 0 Å². The van der Waals surface area contributed by atoms with Crippen molar-refractivity contribution in [1.82, 2.24) is 0 Å². The zero-order valence-electron chi connectivity index (χ0n) is 5.65. The molecule has 1 radical (unpaired) electrons.